The highest BCUT2D eigenvalue weighted by molar-refractivity contribution is 5.74. The summed E-state index contributed by atoms with van der Waals surface area (Å²) in [5, 5.41) is 21.1. The van der Waals surface area contributed by atoms with Crippen molar-refractivity contribution in [1.82, 2.24) is 5.32 Å². The lowest BCUT2D eigenvalue weighted by Gasteiger charge is -2.46. The molecule has 0 aromatic rings. The van der Waals surface area contributed by atoms with Gasteiger partial charge in [0.25, 0.3) is 0 Å². The van der Waals surface area contributed by atoms with Gasteiger partial charge in [0, 0.05) is 25.7 Å². The van der Waals surface area contributed by atoms with Crippen LogP contribution in [0.15, 0.2) is 0 Å². The molecule has 2 fully saturated rings. The van der Waals surface area contributed by atoms with Crippen molar-refractivity contribution in [3.63, 3.8) is 0 Å². The van der Waals surface area contributed by atoms with Gasteiger partial charge in [0.15, 0.2) is 6.29 Å². The molecule has 2 bridgehead atoms. The van der Waals surface area contributed by atoms with Crippen molar-refractivity contribution in [2.24, 2.45) is 11.8 Å². The molecule has 10 nitrogen and oxygen atoms in total. The minimum atomic E-state index is -1.26. The summed E-state index contributed by atoms with van der Waals surface area (Å²) in [5.41, 5.74) is -1.26. The Hall–Kier alpha value is -2.20. The molecule has 2 aliphatic heterocycles. The molecule has 0 radical (unpaired) electrons. The van der Waals surface area contributed by atoms with Crippen LogP contribution in [0.4, 0.5) is 0 Å². The summed E-state index contributed by atoms with van der Waals surface area (Å²) in [6.45, 7) is 2.16. The van der Waals surface area contributed by atoms with Gasteiger partial charge in [-0.25, -0.2) is 0 Å². The van der Waals surface area contributed by atoms with Crippen molar-refractivity contribution in [1.29, 1.82) is 0 Å². The fourth-order valence-corrected chi connectivity index (χ4v) is 3.55. The molecule has 0 unspecified atom stereocenters. The summed E-state index contributed by atoms with van der Waals surface area (Å²) in [6, 6.07) is -0.814. The zero-order valence-corrected chi connectivity index (χ0v) is 13.9. The number of amides is 1. The van der Waals surface area contributed by atoms with Crippen LogP contribution in [0.25, 0.3) is 0 Å². The zero-order chi connectivity index (χ0) is 18.8. The highest BCUT2D eigenvalue weighted by atomic mass is 16.7. The van der Waals surface area contributed by atoms with Crippen LogP contribution < -0.4 is 5.32 Å². The molecule has 25 heavy (non-hydrogen) atoms. The molecule has 0 aliphatic carbocycles. The Balaban J connectivity index is 2.38. The van der Waals surface area contributed by atoms with Crippen LogP contribution in [0.2, 0.25) is 0 Å². The smallest absolute Gasteiger partial charge is 0.303 e. The molecule has 2 saturated heterocycles. The van der Waals surface area contributed by atoms with Gasteiger partial charge < -0.3 is 29.7 Å². The van der Waals surface area contributed by atoms with E-state index < -0.39 is 60.0 Å². The minimum absolute atomic E-state index is 0.0604. The van der Waals surface area contributed by atoms with Crippen molar-refractivity contribution in [2.75, 3.05) is 13.2 Å². The molecular weight excluding hydrogens is 338 g/mol. The SMILES string of the molecule is CC(=O)N[C@H]1[C@H]2OC[C@](COC(C)=O)(O2)[C@H](CC(=O)O)[C@H]1CC(=O)O. The van der Waals surface area contributed by atoms with Crippen LogP contribution in [-0.2, 0) is 33.4 Å². The third kappa shape index (κ3) is 4.26. The predicted molar refractivity (Wildman–Crippen MR) is 79.3 cm³/mol. The molecule has 2 rings (SSSR count). The number of aliphatic carboxylic acids is 2. The summed E-state index contributed by atoms with van der Waals surface area (Å²) in [5.74, 6) is -4.86. The maximum Gasteiger partial charge on any atom is 0.303 e. The van der Waals surface area contributed by atoms with Gasteiger partial charge in [0.05, 0.1) is 25.5 Å². The van der Waals surface area contributed by atoms with Gasteiger partial charge in [-0.05, 0) is 0 Å². The molecule has 10 heteroatoms. The number of ether oxygens (including phenoxy) is 3. The van der Waals surface area contributed by atoms with E-state index in [1.54, 1.807) is 0 Å². The van der Waals surface area contributed by atoms with Crippen LogP contribution in [0.5, 0.6) is 0 Å². The first-order valence-corrected chi connectivity index (χ1v) is 7.78. The van der Waals surface area contributed by atoms with Crippen LogP contribution in [0.1, 0.15) is 26.7 Å². The van der Waals surface area contributed by atoms with Gasteiger partial charge in [0.1, 0.15) is 12.2 Å². The van der Waals surface area contributed by atoms with Crippen LogP contribution in [0, 0.1) is 11.8 Å². The Morgan fingerprint density at radius 2 is 1.80 bits per heavy atom. The lowest BCUT2D eigenvalue weighted by atomic mass is 9.70. The van der Waals surface area contributed by atoms with Crippen LogP contribution >= 0.6 is 0 Å². The van der Waals surface area contributed by atoms with E-state index in [-0.39, 0.29) is 19.6 Å². The lowest BCUT2D eigenvalue weighted by Crippen LogP contribution is -2.61. The average molecular weight is 359 g/mol. The van der Waals surface area contributed by atoms with E-state index in [2.05, 4.69) is 5.32 Å². The molecule has 0 aromatic heterocycles. The van der Waals surface area contributed by atoms with Gasteiger partial charge >= 0.3 is 17.9 Å². The van der Waals surface area contributed by atoms with E-state index in [0.717, 1.165) is 0 Å². The second-order valence-electron chi connectivity index (χ2n) is 6.33. The number of carbonyl (C=O) groups is 4. The average Bonchev–Trinajstić information content (AvgIpc) is 2.87. The van der Waals surface area contributed by atoms with Crippen molar-refractivity contribution in [3.05, 3.63) is 0 Å². The second-order valence-corrected chi connectivity index (χ2v) is 6.33. The molecule has 2 aliphatic rings. The lowest BCUT2D eigenvalue weighted by molar-refractivity contribution is -0.208. The number of carbonyl (C=O) groups excluding carboxylic acids is 2. The quantitative estimate of drug-likeness (QED) is 0.505. The van der Waals surface area contributed by atoms with E-state index in [1.807, 2.05) is 0 Å². The fraction of sp³-hybridized carbons (Fsp3) is 0.733. The monoisotopic (exact) mass is 359 g/mol. The van der Waals surface area contributed by atoms with E-state index in [4.69, 9.17) is 14.2 Å². The second kappa shape index (κ2) is 7.36. The van der Waals surface area contributed by atoms with E-state index >= 15 is 0 Å². The van der Waals surface area contributed by atoms with E-state index in [1.165, 1.54) is 13.8 Å². The topological polar surface area (TPSA) is 148 Å². The number of fused-ring (bicyclic) bond motifs is 2. The molecule has 2 heterocycles. The van der Waals surface area contributed by atoms with Crippen molar-refractivity contribution >= 4 is 23.8 Å². The van der Waals surface area contributed by atoms with Gasteiger partial charge in [0.2, 0.25) is 5.91 Å². The molecular formula is C15H21NO9. The standard InChI is InChI=1S/C15H21NO9/c1-7(17)16-13-9(3-11(19)20)10(4-12(21)22)15(5-23-8(2)18)6-24-14(13)25-15/h9-10,13-14H,3-6H2,1-2H3,(H,16,17)(H,19,20)(H,21,22)/t9-,10-,13-,14+,15+/m1/s1. The summed E-state index contributed by atoms with van der Waals surface area (Å²) in [4.78, 5) is 45.3. The number of carboxylic acid groups (broad SMARTS) is 2. The van der Waals surface area contributed by atoms with E-state index in [0.29, 0.717) is 0 Å². The third-order valence-corrected chi connectivity index (χ3v) is 4.48. The van der Waals surface area contributed by atoms with Gasteiger partial charge in [-0.3, -0.25) is 19.2 Å². The van der Waals surface area contributed by atoms with E-state index in [9.17, 15) is 29.4 Å². The Morgan fingerprint density at radius 1 is 1.16 bits per heavy atom. The number of hydrogen-bond donors (Lipinski definition) is 3. The zero-order valence-electron chi connectivity index (χ0n) is 13.9. The van der Waals surface area contributed by atoms with Gasteiger partial charge in [-0.15, -0.1) is 0 Å². The minimum Gasteiger partial charge on any atom is -0.481 e. The van der Waals surface area contributed by atoms with Gasteiger partial charge in [-0.1, -0.05) is 0 Å². The summed E-state index contributed by atoms with van der Waals surface area (Å²) in [7, 11) is 0. The molecule has 0 spiro atoms. The van der Waals surface area contributed by atoms with Crippen molar-refractivity contribution < 1.29 is 43.6 Å². The molecule has 140 valence electrons. The first-order valence-electron chi connectivity index (χ1n) is 7.78. The maximum atomic E-state index is 11.5. The highest BCUT2D eigenvalue weighted by Gasteiger charge is 2.61. The van der Waals surface area contributed by atoms with Gasteiger partial charge in [-0.2, -0.15) is 0 Å². The molecule has 0 saturated carbocycles. The number of carboxylic acids is 2. The third-order valence-electron chi connectivity index (χ3n) is 4.48. The first kappa shape index (κ1) is 19.1. The summed E-state index contributed by atoms with van der Waals surface area (Å²) in [6.07, 6.45) is -1.73. The number of esters is 1. The predicted octanol–water partition coefficient (Wildman–Crippen LogP) is -0.639. The summed E-state index contributed by atoms with van der Waals surface area (Å²) < 4.78 is 16.4. The Kier molecular flexibility index (Phi) is 5.63. The molecule has 5 atom stereocenters. The number of rotatable bonds is 7. The normalized spacial score (nSPS) is 33.5. The highest BCUT2D eigenvalue weighted by Crippen LogP contribution is 2.47. The maximum absolute atomic E-state index is 11.5. The fourth-order valence-electron chi connectivity index (χ4n) is 3.55. The summed E-state index contributed by atoms with van der Waals surface area (Å²) >= 11 is 0. The first-order chi connectivity index (χ1) is 11.6. The Labute approximate surface area is 143 Å². The molecule has 1 amide bonds. The largest absolute Gasteiger partial charge is 0.481 e. The molecule has 0 aromatic carbocycles. The molecule has 3 N–H and O–H groups in total. The number of nitrogens with one attached hydrogen (secondary N) is 1. The van der Waals surface area contributed by atoms with Crippen LogP contribution in [0.3, 0.4) is 0 Å². The Morgan fingerprint density at radius 3 is 2.32 bits per heavy atom. The van der Waals surface area contributed by atoms with Crippen molar-refractivity contribution in [3.8, 4) is 0 Å². The van der Waals surface area contributed by atoms with Crippen LogP contribution in [-0.4, -0.2) is 65.2 Å². The Bertz CT molecular complexity index is 577. The van der Waals surface area contributed by atoms with Crippen molar-refractivity contribution in [2.45, 2.75) is 44.6 Å². The number of hydrogen-bond acceptors (Lipinski definition) is 7.